The van der Waals surface area contributed by atoms with Crippen molar-refractivity contribution in [2.75, 3.05) is 0 Å². The van der Waals surface area contributed by atoms with E-state index >= 15 is 0 Å². The van der Waals surface area contributed by atoms with E-state index in [1.165, 1.54) is 0 Å². The normalized spacial score (nSPS) is 20.1. The van der Waals surface area contributed by atoms with Crippen molar-refractivity contribution < 1.29 is 13.5 Å². The van der Waals surface area contributed by atoms with E-state index < -0.39 is 6.61 Å². The van der Waals surface area contributed by atoms with E-state index in [2.05, 4.69) is 4.74 Å². The van der Waals surface area contributed by atoms with Gasteiger partial charge in [0.1, 0.15) is 5.75 Å². The second kappa shape index (κ2) is 4.14. The number of halogens is 2. The number of hydrogen-bond acceptors (Lipinski definition) is 2. The molecule has 2 rings (SSSR count). The number of benzene rings is 1. The maximum Gasteiger partial charge on any atom is 0.387 e. The molecule has 0 fully saturated rings. The fourth-order valence-corrected chi connectivity index (χ4v) is 1.99. The lowest BCUT2D eigenvalue weighted by Crippen LogP contribution is -2.17. The first-order valence-corrected chi connectivity index (χ1v) is 5.00. The number of alkyl halides is 2. The van der Waals surface area contributed by atoms with Gasteiger partial charge in [-0.3, -0.25) is 0 Å². The number of ether oxygens (including phenoxy) is 1. The van der Waals surface area contributed by atoms with E-state index in [-0.39, 0.29) is 11.8 Å². The molecule has 0 unspecified atom stereocenters. The van der Waals surface area contributed by atoms with Crippen LogP contribution in [0.2, 0.25) is 0 Å². The minimum absolute atomic E-state index is 0.0463. The van der Waals surface area contributed by atoms with Gasteiger partial charge in [-0.2, -0.15) is 8.78 Å². The Labute approximate surface area is 87.0 Å². The molecule has 0 aromatic heterocycles. The molecule has 0 radical (unpaired) electrons. The van der Waals surface area contributed by atoms with Gasteiger partial charge in [0.05, 0.1) is 0 Å². The molecule has 0 bridgehead atoms. The van der Waals surface area contributed by atoms with Crippen molar-refractivity contribution in [1.82, 2.24) is 0 Å². The van der Waals surface area contributed by atoms with Gasteiger partial charge < -0.3 is 10.5 Å². The highest BCUT2D eigenvalue weighted by atomic mass is 19.3. The Morgan fingerprint density at radius 1 is 1.40 bits per heavy atom. The smallest absolute Gasteiger partial charge is 0.387 e. The highest BCUT2D eigenvalue weighted by molar-refractivity contribution is 5.39. The molecule has 0 heterocycles. The van der Waals surface area contributed by atoms with Gasteiger partial charge in [-0.1, -0.05) is 6.07 Å². The lowest BCUT2D eigenvalue weighted by molar-refractivity contribution is -0.0499. The average Bonchev–Trinajstić information content (AvgIpc) is 2.18. The molecule has 1 aromatic rings. The minimum Gasteiger partial charge on any atom is -0.435 e. The SMILES string of the molecule is N[C@@H]1CCCc2ccc(OC(F)F)cc21. The van der Waals surface area contributed by atoms with Gasteiger partial charge in [-0.25, -0.2) is 0 Å². The molecule has 2 N–H and O–H groups in total. The number of fused-ring (bicyclic) bond motifs is 1. The molecule has 1 aliphatic rings. The summed E-state index contributed by atoms with van der Waals surface area (Å²) < 4.78 is 28.3. The second-order valence-corrected chi connectivity index (χ2v) is 3.74. The van der Waals surface area contributed by atoms with Crippen LogP contribution in [0.4, 0.5) is 8.78 Å². The topological polar surface area (TPSA) is 35.2 Å². The van der Waals surface area contributed by atoms with Gasteiger partial charge in [0.2, 0.25) is 0 Å². The van der Waals surface area contributed by atoms with Crippen LogP contribution in [0.1, 0.15) is 30.0 Å². The Hall–Kier alpha value is -1.16. The standard InChI is InChI=1S/C11H13F2NO/c12-11(13)15-8-5-4-7-2-1-3-10(14)9(7)6-8/h4-6,10-11H,1-3,14H2/t10-/m1/s1. The van der Waals surface area contributed by atoms with Gasteiger partial charge >= 0.3 is 6.61 Å². The summed E-state index contributed by atoms with van der Waals surface area (Å²) in [5, 5.41) is 0. The summed E-state index contributed by atoms with van der Waals surface area (Å²) >= 11 is 0. The molecule has 0 saturated heterocycles. The molecular formula is C11H13F2NO. The molecule has 82 valence electrons. The van der Waals surface area contributed by atoms with Gasteiger partial charge in [-0.15, -0.1) is 0 Å². The molecule has 1 aliphatic carbocycles. The van der Waals surface area contributed by atoms with Crippen LogP contribution in [0.3, 0.4) is 0 Å². The van der Waals surface area contributed by atoms with E-state index in [0.717, 1.165) is 30.4 Å². The third-order valence-electron chi connectivity index (χ3n) is 2.70. The molecule has 0 saturated carbocycles. The number of rotatable bonds is 2. The summed E-state index contributed by atoms with van der Waals surface area (Å²) in [4.78, 5) is 0. The second-order valence-electron chi connectivity index (χ2n) is 3.74. The number of aryl methyl sites for hydroxylation is 1. The molecule has 4 heteroatoms. The fraction of sp³-hybridized carbons (Fsp3) is 0.455. The quantitative estimate of drug-likeness (QED) is 0.819. The van der Waals surface area contributed by atoms with Crippen LogP contribution in [0.5, 0.6) is 5.75 Å². The van der Waals surface area contributed by atoms with Gasteiger partial charge in [-0.05, 0) is 42.5 Å². The molecule has 1 atom stereocenters. The zero-order valence-electron chi connectivity index (χ0n) is 8.25. The summed E-state index contributed by atoms with van der Waals surface area (Å²) in [5.41, 5.74) is 8.00. The van der Waals surface area contributed by atoms with E-state index in [1.54, 1.807) is 12.1 Å². The zero-order valence-corrected chi connectivity index (χ0v) is 8.25. The third kappa shape index (κ3) is 2.26. The monoisotopic (exact) mass is 213 g/mol. The first-order chi connectivity index (χ1) is 7.16. The van der Waals surface area contributed by atoms with E-state index in [9.17, 15) is 8.78 Å². The molecule has 15 heavy (non-hydrogen) atoms. The highest BCUT2D eigenvalue weighted by Crippen LogP contribution is 2.31. The van der Waals surface area contributed by atoms with E-state index in [1.807, 2.05) is 6.07 Å². The third-order valence-corrected chi connectivity index (χ3v) is 2.70. The largest absolute Gasteiger partial charge is 0.435 e. The van der Waals surface area contributed by atoms with Crippen LogP contribution >= 0.6 is 0 Å². The molecule has 0 amide bonds. The fourth-order valence-electron chi connectivity index (χ4n) is 1.99. The lowest BCUT2D eigenvalue weighted by Gasteiger charge is -2.22. The Bertz CT molecular complexity index is 354. The van der Waals surface area contributed by atoms with Crippen molar-refractivity contribution in [3.8, 4) is 5.75 Å². The van der Waals surface area contributed by atoms with Gasteiger partial charge in [0.15, 0.2) is 0 Å². The van der Waals surface area contributed by atoms with E-state index in [0.29, 0.717) is 0 Å². The first kappa shape index (κ1) is 10.4. The predicted molar refractivity (Wildman–Crippen MR) is 52.9 cm³/mol. The van der Waals surface area contributed by atoms with Crippen LogP contribution in [0.25, 0.3) is 0 Å². The summed E-state index contributed by atoms with van der Waals surface area (Å²) in [6.45, 7) is -2.78. The summed E-state index contributed by atoms with van der Waals surface area (Å²) in [6, 6.07) is 4.98. The first-order valence-electron chi connectivity index (χ1n) is 5.00. The van der Waals surface area contributed by atoms with Crippen molar-refractivity contribution in [1.29, 1.82) is 0 Å². The van der Waals surface area contributed by atoms with Crippen LogP contribution in [-0.2, 0) is 6.42 Å². The van der Waals surface area contributed by atoms with Crippen LogP contribution in [-0.4, -0.2) is 6.61 Å². The molecule has 0 aliphatic heterocycles. The Morgan fingerprint density at radius 3 is 2.93 bits per heavy atom. The van der Waals surface area contributed by atoms with Gasteiger partial charge in [0.25, 0.3) is 0 Å². The molecule has 0 spiro atoms. The maximum atomic E-state index is 12.0. The van der Waals surface area contributed by atoms with Crippen molar-refractivity contribution in [2.24, 2.45) is 5.73 Å². The van der Waals surface area contributed by atoms with Gasteiger partial charge in [0, 0.05) is 6.04 Å². The van der Waals surface area contributed by atoms with E-state index in [4.69, 9.17) is 5.73 Å². The minimum atomic E-state index is -2.78. The molecule has 2 nitrogen and oxygen atoms in total. The summed E-state index contributed by atoms with van der Waals surface area (Å²) in [5.74, 6) is 0.195. The predicted octanol–water partition coefficient (Wildman–Crippen LogP) is 2.62. The highest BCUT2D eigenvalue weighted by Gasteiger charge is 2.17. The lowest BCUT2D eigenvalue weighted by atomic mass is 9.88. The Balaban J connectivity index is 2.27. The van der Waals surface area contributed by atoms with Crippen LogP contribution < -0.4 is 10.5 Å². The van der Waals surface area contributed by atoms with Crippen molar-refractivity contribution in [3.05, 3.63) is 29.3 Å². The van der Waals surface area contributed by atoms with Crippen molar-refractivity contribution >= 4 is 0 Å². The zero-order chi connectivity index (χ0) is 10.8. The Morgan fingerprint density at radius 2 is 2.20 bits per heavy atom. The van der Waals surface area contributed by atoms with Crippen molar-refractivity contribution in [3.63, 3.8) is 0 Å². The number of hydrogen-bond donors (Lipinski definition) is 1. The summed E-state index contributed by atoms with van der Waals surface area (Å²) in [6.07, 6.45) is 2.94. The van der Waals surface area contributed by atoms with Crippen LogP contribution in [0.15, 0.2) is 18.2 Å². The average molecular weight is 213 g/mol. The number of nitrogens with two attached hydrogens (primary N) is 1. The molecule has 1 aromatic carbocycles. The molecular weight excluding hydrogens is 200 g/mol. The Kier molecular flexibility index (Phi) is 2.86. The maximum absolute atomic E-state index is 12.0. The summed E-state index contributed by atoms with van der Waals surface area (Å²) in [7, 11) is 0. The van der Waals surface area contributed by atoms with Crippen molar-refractivity contribution in [2.45, 2.75) is 31.9 Å². The van der Waals surface area contributed by atoms with Crippen LogP contribution in [0, 0.1) is 0 Å².